The van der Waals surface area contributed by atoms with Gasteiger partial charge in [-0.25, -0.2) is 0 Å². The quantitative estimate of drug-likeness (QED) is 0.293. The molecule has 0 aromatic heterocycles. The molecule has 0 heterocycles. The van der Waals surface area contributed by atoms with Crippen LogP contribution in [0.5, 0.6) is 5.75 Å². The zero-order valence-electron chi connectivity index (χ0n) is 16.9. The number of benzene rings is 2. The molecule has 1 amide bonds. The zero-order valence-corrected chi connectivity index (χ0v) is 18.4. The molecular weight excluding hydrogens is 433 g/mol. The van der Waals surface area contributed by atoms with Crippen LogP contribution in [0.25, 0.3) is 0 Å². The lowest BCUT2D eigenvalue weighted by molar-refractivity contribution is -0.384. The van der Waals surface area contributed by atoms with Gasteiger partial charge in [-0.3, -0.25) is 14.9 Å². The molecule has 11 heteroatoms. The van der Waals surface area contributed by atoms with Crippen LogP contribution >= 0.6 is 23.2 Å². The molecule has 0 aliphatic rings. The number of carbonyl (C=O) groups excluding carboxylic acids is 1. The lowest BCUT2D eigenvalue weighted by atomic mass is 10.2. The van der Waals surface area contributed by atoms with Gasteiger partial charge in [0.15, 0.2) is 0 Å². The van der Waals surface area contributed by atoms with Gasteiger partial charge in [0.05, 0.1) is 33.5 Å². The molecule has 0 saturated heterocycles. The molecular formula is C19H21Cl2N5O4. The van der Waals surface area contributed by atoms with Crippen molar-refractivity contribution in [2.45, 2.75) is 20.8 Å². The van der Waals surface area contributed by atoms with Crippen molar-refractivity contribution < 1.29 is 14.5 Å². The highest BCUT2D eigenvalue weighted by molar-refractivity contribution is 6.39. The Morgan fingerprint density at radius 2 is 1.77 bits per heavy atom. The first-order valence-corrected chi connectivity index (χ1v) is 9.77. The summed E-state index contributed by atoms with van der Waals surface area (Å²) in [6.07, 6.45) is 0. The number of hydrogen-bond donors (Lipinski definition) is 1. The standard InChI is InChI=1S/C19H21Cl2N5O4/c1-5-25(6-2)17-9-15(22-11(3)27)16(10-18(17)30-4)23-24-19-13(20)7-12(26(28)29)8-14(19)21/h7-10H,5-6H2,1-4H3,(H,22,27). The minimum atomic E-state index is -0.607. The van der Waals surface area contributed by atoms with Crippen molar-refractivity contribution in [3.63, 3.8) is 0 Å². The van der Waals surface area contributed by atoms with Gasteiger partial charge in [0, 0.05) is 38.2 Å². The fraction of sp³-hybridized carbons (Fsp3) is 0.316. The smallest absolute Gasteiger partial charge is 0.272 e. The number of non-ortho nitro benzene ring substituents is 1. The zero-order chi connectivity index (χ0) is 22.4. The van der Waals surface area contributed by atoms with Crippen LogP contribution in [0.1, 0.15) is 20.8 Å². The number of amides is 1. The van der Waals surface area contributed by atoms with Crippen LogP contribution in [0, 0.1) is 10.1 Å². The van der Waals surface area contributed by atoms with Gasteiger partial charge < -0.3 is 15.0 Å². The molecule has 0 atom stereocenters. The summed E-state index contributed by atoms with van der Waals surface area (Å²) in [5.74, 6) is 0.260. The van der Waals surface area contributed by atoms with Gasteiger partial charge in [0.1, 0.15) is 17.1 Å². The molecule has 9 nitrogen and oxygen atoms in total. The summed E-state index contributed by atoms with van der Waals surface area (Å²) in [7, 11) is 1.53. The summed E-state index contributed by atoms with van der Waals surface area (Å²) in [5.41, 5.74) is 1.33. The third-order valence-corrected chi connectivity index (χ3v) is 4.76. The van der Waals surface area contributed by atoms with Gasteiger partial charge >= 0.3 is 0 Å². The predicted octanol–water partition coefficient (Wildman–Crippen LogP) is 6.13. The summed E-state index contributed by atoms with van der Waals surface area (Å²) < 4.78 is 5.49. The van der Waals surface area contributed by atoms with Crippen molar-refractivity contribution in [1.82, 2.24) is 0 Å². The van der Waals surface area contributed by atoms with Crippen LogP contribution in [0.15, 0.2) is 34.5 Å². The molecule has 0 spiro atoms. The number of rotatable bonds is 8. The average molecular weight is 454 g/mol. The van der Waals surface area contributed by atoms with E-state index >= 15 is 0 Å². The number of carbonyl (C=O) groups is 1. The number of nitrogens with one attached hydrogen (secondary N) is 1. The molecule has 2 aromatic rings. The summed E-state index contributed by atoms with van der Waals surface area (Å²) >= 11 is 12.2. The number of hydrogen-bond acceptors (Lipinski definition) is 7. The normalized spacial score (nSPS) is 10.9. The molecule has 2 rings (SSSR count). The van der Waals surface area contributed by atoms with Gasteiger partial charge in [-0.1, -0.05) is 23.2 Å². The highest BCUT2D eigenvalue weighted by atomic mass is 35.5. The number of nitro benzene ring substituents is 1. The van der Waals surface area contributed by atoms with Gasteiger partial charge in [0.25, 0.3) is 5.69 Å². The van der Waals surface area contributed by atoms with E-state index in [-0.39, 0.29) is 27.3 Å². The van der Waals surface area contributed by atoms with Crippen LogP contribution in [0.4, 0.5) is 28.4 Å². The molecule has 0 fully saturated rings. The lowest BCUT2D eigenvalue weighted by Crippen LogP contribution is -2.22. The monoisotopic (exact) mass is 453 g/mol. The maximum absolute atomic E-state index is 11.7. The molecule has 0 bridgehead atoms. The number of halogens is 2. The van der Waals surface area contributed by atoms with Crippen LogP contribution in [0.2, 0.25) is 10.0 Å². The molecule has 160 valence electrons. The number of anilines is 2. The van der Waals surface area contributed by atoms with Gasteiger partial charge in [0.2, 0.25) is 5.91 Å². The van der Waals surface area contributed by atoms with Crippen LogP contribution < -0.4 is 15.0 Å². The van der Waals surface area contributed by atoms with Gasteiger partial charge in [-0.15, -0.1) is 10.2 Å². The van der Waals surface area contributed by atoms with E-state index in [0.717, 1.165) is 30.9 Å². The fourth-order valence-corrected chi connectivity index (χ4v) is 3.31. The third kappa shape index (κ3) is 5.37. The SMILES string of the molecule is CCN(CC)c1cc(NC(C)=O)c(N=Nc2c(Cl)cc([N+](=O)[O-])cc2Cl)cc1OC. The van der Waals surface area contributed by atoms with Gasteiger partial charge in [-0.05, 0) is 19.9 Å². The van der Waals surface area contributed by atoms with E-state index in [4.69, 9.17) is 27.9 Å². The van der Waals surface area contributed by atoms with E-state index in [0.29, 0.717) is 17.1 Å². The second-order valence-electron chi connectivity index (χ2n) is 6.11. The Labute approximate surface area is 183 Å². The summed E-state index contributed by atoms with van der Waals surface area (Å²) in [6.45, 7) is 6.87. The van der Waals surface area contributed by atoms with Crippen LogP contribution in [0.3, 0.4) is 0 Å². The average Bonchev–Trinajstić information content (AvgIpc) is 2.68. The van der Waals surface area contributed by atoms with E-state index in [2.05, 4.69) is 20.4 Å². The van der Waals surface area contributed by atoms with E-state index in [9.17, 15) is 14.9 Å². The molecule has 0 aliphatic heterocycles. The summed E-state index contributed by atoms with van der Waals surface area (Å²) in [5, 5.41) is 21.8. The van der Waals surface area contributed by atoms with E-state index in [1.54, 1.807) is 12.1 Å². The minimum absolute atomic E-state index is 0.0225. The third-order valence-electron chi connectivity index (χ3n) is 4.18. The van der Waals surface area contributed by atoms with Crippen LogP contribution in [-0.2, 0) is 4.79 Å². The molecule has 2 aromatic carbocycles. The largest absolute Gasteiger partial charge is 0.494 e. The first-order chi connectivity index (χ1) is 14.2. The van der Waals surface area contributed by atoms with E-state index in [1.165, 1.54) is 14.0 Å². The Balaban J connectivity index is 2.57. The van der Waals surface area contributed by atoms with Crippen LogP contribution in [-0.4, -0.2) is 31.0 Å². The highest BCUT2D eigenvalue weighted by Crippen LogP contribution is 2.41. The molecule has 0 saturated carbocycles. The predicted molar refractivity (Wildman–Crippen MR) is 118 cm³/mol. The van der Waals surface area contributed by atoms with Crippen molar-refractivity contribution in [3.8, 4) is 5.75 Å². The van der Waals surface area contributed by atoms with Gasteiger partial charge in [-0.2, -0.15) is 0 Å². The first kappa shape index (κ1) is 23.4. The molecule has 30 heavy (non-hydrogen) atoms. The van der Waals surface area contributed by atoms with Crippen molar-refractivity contribution >= 4 is 57.5 Å². The fourth-order valence-electron chi connectivity index (χ4n) is 2.76. The maximum Gasteiger partial charge on any atom is 0.272 e. The lowest BCUT2D eigenvalue weighted by Gasteiger charge is -2.24. The topological polar surface area (TPSA) is 109 Å². The molecule has 1 N–H and O–H groups in total. The maximum atomic E-state index is 11.7. The highest BCUT2D eigenvalue weighted by Gasteiger charge is 2.17. The van der Waals surface area contributed by atoms with E-state index < -0.39 is 4.92 Å². The van der Waals surface area contributed by atoms with Crippen molar-refractivity contribution in [1.29, 1.82) is 0 Å². The Hall–Kier alpha value is -2.91. The van der Waals surface area contributed by atoms with Crippen molar-refractivity contribution in [2.75, 3.05) is 30.4 Å². The van der Waals surface area contributed by atoms with Crippen molar-refractivity contribution in [3.05, 3.63) is 44.4 Å². The first-order valence-electron chi connectivity index (χ1n) is 9.01. The summed E-state index contributed by atoms with van der Waals surface area (Å²) in [4.78, 5) is 24.1. The summed E-state index contributed by atoms with van der Waals surface area (Å²) in [6, 6.07) is 5.66. The van der Waals surface area contributed by atoms with Crippen molar-refractivity contribution in [2.24, 2.45) is 10.2 Å². The number of azo groups is 1. The minimum Gasteiger partial charge on any atom is -0.494 e. The second-order valence-corrected chi connectivity index (χ2v) is 6.92. The number of ether oxygens (including phenoxy) is 1. The second kappa shape index (κ2) is 10.2. The Morgan fingerprint density at radius 3 is 2.23 bits per heavy atom. The molecule has 0 unspecified atom stereocenters. The number of nitrogens with zero attached hydrogens (tertiary/aromatic N) is 4. The molecule has 0 radical (unpaired) electrons. The van der Waals surface area contributed by atoms with E-state index in [1.807, 2.05) is 13.8 Å². The molecule has 0 aliphatic carbocycles. The Kier molecular flexibility index (Phi) is 7.96. The Morgan fingerprint density at radius 1 is 1.17 bits per heavy atom. The number of methoxy groups -OCH3 is 1. The number of nitro groups is 1. The Bertz CT molecular complexity index is 970.